The lowest BCUT2D eigenvalue weighted by molar-refractivity contribution is -0.141. The minimum atomic E-state index is -0.169. The van der Waals surface area contributed by atoms with Crippen molar-refractivity contribution < 1.29 is 9.53 Å². The number of ether oxygens (including phenoxy) is 1. The predicted octanol–water partition coefficient (Wildman–Crippen LogP) is 2.83. The van der Waals surface area contributed by atoms with Gasteiger partial charge in [0.2, 0.25) is 0 Å². The van der Waals surface area contributed by atoms with Gasteiger partial charge in [-0.15, -0.1) is 0 Å². The topological polar surface area (TPSA) is 26.3 Å². The Kier molecular flexibility index (Phi) is 4.58. The monoisotopic (exact) mass is 182 g/mol. The molecule has 0 aliphatic heterocycles. The summed E-state index contributed by atoms with van der Waals surface area (Å²) in [5, 5.41) is 0. The minimum Gasteiger partial charge on any atom is -0.466 e. The Morgan fingerprint density at radius 3 is 3.00 bits per heavy atom. The van der Waals surface area contributed by atoms with Gasteiger partial charge in [0.25, 0.3) is 0 Å². The Hall–Kier alpha value is -0.790. The van der Waals surface area contributed by atoms with Crippen LogP contribution in [-0.2, 0) is 9.53 Å². The number of hydrogen-bond acceptors (Lipinski definition) is 2. The lowest BCUT2D eigenvalue weighted by Crippen LogP contribution is -2.01. The molecule has 0 amide bonds. The number of allylic oxidation sites excluding steroid dienone is 2. The van der Waals surface area contributed by atoms with E-state index >= 15 is 0 Å². The fraction of sp³-hybridized carbons (Fsp3) is 0.727. The molecule has 74 valence electrons. The van der Waals surface area contributed by atoms with Crippen molar-refractivity contribution in [3.63, 3.8) is 0 Å². The SMILES string of the molecule is CC(=O)OCCCC1=CCCCC1. The zero-order chi connectivity index (χ0) is 9.52. The van der Waals surface area contributed by atoms with E-state index in [1.54, 1.807) is 5.57 Å². The Morgan fingerprint density at radius 1 is 1.54 bits per heavy atom. The summed E-state index contributed by atoms with van der Waals surface area (Å²) in [5.41, 5.74) is 1.55. The Labute approximate surface area is 80.0 Å². The second kappa shape index (κ2) is 5.79. The maximum atomic E-state index is 10.5. The number of rotatable bonds is 4. The highest BCUT2D eigenvalue weighted by atomic mass is 16.5. The zero-order valence-electron chi connectivity index (χ0n) is 8.34. The highest BCUT2D eigenvalue weighted by Gasteiger charge is 2.03. The molecule has 1 aliphatic rings. The maximum Gasteiger partial charge on any atom is 0.302 e. The molecule has 2 heteroatoms. The summed E-state index contributed by atoms with van der Waals surface area (Å²) < 4.78 is 4.87. The van der Waals surface area contributed by atoms with Gasteiger partial charge in [0, 0.05) is 6.92 Å². The number of carbonyl (C=O) groups is 1. The molecule has 1 rings (SSSR count). The van der Waals surface area contributed by atoms with E-state index in [-0.39, 0.29) is 5.97 Å². The van der Waals surface area contributed by atoms with E-state index in [4.69, 9.17) is 4.74 Å². The van der Waals surface area contributed by atoms with Crippen LogP contribution in [0.4, 0.5) is 0 Å². The van der Waals surface area contributed by atoms with Crippen LogP contribution < -0.4 is 0 Å². The molecule has 0 aromatic heterocycles. The smallest absolute Gasteiger partial charge is 0.302 e. The number of hydrogen-bond donors (Lipinski definition) is 0. The van der Waals surface area contributed by atoms with Gasteiger partial charge in [0.1, 0.15) is 0 Å². The van der Waals surface area contributed by atoms with Crippen molar-refractivity contribution in [2.75, 3.05) is 6.61 Å². The van der Waals surface area contributed by atoms with Crippen molar-refractivity contribution in [2.45, 2.75) is 45.4 Å². The average Bonchev–Trinajstić information content (AvgIpc) is 2.14. The number of esters is 1. The van der Waals surface area contributed by atoms with Crippen LogP contribution in [0.15, 0.2) is 11.6 Å². The van der Waals surface area contributed by atoms with Crippen molar-refractivity contribution in [3.05, 3.63) is 11.6 Å². The van der Waals surface area contributed by atoms with E-state index in [2.05, 4.69) is 6.08 Å². The molecule has 0 bridgehead atoms. The van der Waals surface area contributed by atoms with Crippen LogP contribution in [0.5, 0.6) is 0 Å². The van der Waals surface area contributed by atoms with Gasteiger partial charge in [-0.3, -0.25) is 4.79 Å². The largest absolute Gasteiger partial charge is 0.466 e. The summed E-state index contributed by atoms with van der Waals surface area (Å²) in [5.74, 6) is -0.169. The first-order valence-corrected chi connectivity index (χ1v) is 5.10. The standard InChI is InChI=1S/C11H18O2/c1-10(12)13-9-5-8-11-6-3-2-4-7-11/h6H,2-5,7-9H2,1H3. The summed E-state index contributed by atoms with van der Waals surface area (Å²) >= 11 is 0. The molecule has 0 aromatic carbocycles. The van der Waals surface area contributed by atoms with Crippen molar-refractivity contribution >= 4 is 5.97 Å². The highest BCUT2D eigenvalue weighted by Crippen LogP contribution is 2.20. The lowest BCUT2D eigenvalue weighted by atomic mass is 9.96. The molecule has 2 nitrogen and oxygen atoms in total. The quantitative estimate of drug-likeness (QED) is 0.379. The molecule has 0 saturated heterocycles. The summed E-state index contributed by atoms with van der Waals surface area (Å²) in [6.45, 7) is 2.03. The molecular formula is C11H18O2. The molecule has 0 unspecified atom stereocenters. The third-order valence-corrected chi connectivity index (χ3v) is 2.33. The van der Waals surface area contributed by atoms with Gasteiger partial charge in [-0.1, -0.05) is 11.6 Å². The van der Waals surface area contributed by atoms with E-state index in [1.807, 2.05) is 0 Å². The fourth-order valence-electron chi connectivity index (χ4n) is 1.65. The third kappa shape index (κ3) is 4.71. The van der Waals surface area contributed by atoms with Crippen molar-refractivity contribution in [1.29, 1.82) is 0 Å². The summed E-state index contributed by atoms with van der Waals surface area (Å²) in [7, 11) is 0. The molecule has 13 heavy (non-hydrogen) atoms. The van der Waals surface area contributed by atoms with Crippen LogP contribution in [0.3, 0.4) is 0 Å². The van der Waals surface area contributed by atoms with Gasteiger partial charge in [0.15, 0.2) is 0 Å². The van der Waals surface area contributed by atoms with E-state index in [0.717, 1.165) is 12.8 Å². The molecular weight excluding hydrogens is 164 g/mol. The average molecular weight is 182 g/mol. The van der Waals surface area contributed by atoms with Crippen molar-refractivity contribution in [1.82, 2.24) is 0 Å². The normalized spacial score (nSPS) is 16.5. The minimum absolute atomic E-state index is 0.169. The first-order valence-electron chi connectivity index (χ1n) is 5.10. The van der Waals surface area contributed by atoms with Crippen molar-refractivity contribution in [2.24, 2.45) is 0 Å². The van der Waals surface area contributed by atoms with E-state index in [9.17, 15) is 4.79 Å². The highest BCUT2D eigenvalue weighted by molar-refractivity contribution is 5.65. The Balaban J connectivity index is 2.04. The van der Waals surface area contributed by atoms with Gasteiger partial charge in [0.05, 0.1) is 6.61 Å². The number of carbonyl (C=O) groups excluding carboxylic acids is 1. The summed E-state index contributed by atoms with van der Waals surface area (Å²) in [4.78, 5) is 10.5. The molecule has 0 spiro atoms. The molecule has 0 atom stereocenters. The van der Waals surface area contributed by atoms with Gasteiger partial charge >= 0.3 is 5.97 Å². The van der Waals surface area contributed by atoms with Crippen molar-refractivity contribution in [3.8, 4) is 0 Å². The van der Waals surface area contributed by atoms with E-state index in [1.165, 1.54) is 32.6 Å². The maximum absolute atomic E-state index is 10.5. The van der Waals surface area contributed by atoms with Crippen LogP contribution in [0.25, 0.3) is 0 Å². The second-order valence-corrected chi connectivity index (χ2v) is 3.55. The van der Waals surface area contributed by atoms with Crippen LogP contribution >= 0.6 is 0 Å². The third-order valence-electron chi connectivity index (χ3n) is 2.33. The lowest BCUT2D eigenvalue weighted by Gasteiger charge is -2.11. The van der Waals surface area contributed by atoms with Gasteiger partial charge in [-0.2, -0.15) is 0 Å². The molecule has 1 aliphatic carbocycles. The molecule has 0 N–H and O–H groups in total. The van der Waals surface area contributed by atoms with E-state index < -0.39 is 0 Å². The van der Waals surface area contributed by atoms with E-state index in [0.29, 0.717) is 6.61 Å². The molecule has 0 saturated carbocycles. The fourth-order valence-corrected chi connectivity index (χ4v) is 1.65. The molecule has 0 radical (unpaired) electrons. The predicted molar refractivity (Wildman–Crippen MR) is 52.4 cm³/mol. The van der Waals surface area contributed by atoms with Crippen LogP contribution in [-0.4, -0.2) is 12.6 Å². The second-order valence-electron chi connectivity index (χ2n) is 3.55. The Morgan fingerprint density at radius 2 is 2.38 bits per heavy atom. The van der Waals surface area contributed by atoms with Crippen LogP contribution in [0.1, 0.15) is 45.4 Å². The first-order chi connectivity index (χ1) is 6.29. The molecule has 0 heterocycles. The zero-order valence-corrected chi connectivity index (χ0v) is 8.34. The van der Waals surface area contributed by atoms with Crippen LogP contribution in [0, 0.1) is 0 Å². The summed E-state index contributed by atoms with van der Waals surface area (Å²) in [6, 6.07) is 0. The Bertz CT molecular complexity index is 194. The van der Waals surface area contributed by atoms with Gasteiger partial charge < -0.3 is 4.74 Å². The van der Waals surface area contributed by atoms with Crippen LogP contribution in [0.2, 0.25) is 0 Å². The molecule has 0 fully saturated rings. The van der Waals surface area contributed by atoms with Gasteiger partial charge in [-0.05, 0) is 38.5 Å². The summed E-state index contributed by atoms with van der Waals surface area (Å²) in [6.07, 6.45) is 9.59. The molecule has 0 aromatic rings. The van der Waals surface area contributed by atoms with Gasteiger partial charge in [-0.25, -0.2) is 0 Å². The first kappa shape index (κ1) is 10.3.